The first kappa shape index (κ1) is 24.0. The molecule has 0 fully saturated rings. The number of hydrogen-bond acceptors (Lipinski definition) is 0. The second-order valence-corrected chi connectivity index (χ2v) is 10.8. The molecule has 1 atom stereocenters. The van der Waals surface area contributed by atoms with Gasteiger partial charge in [-0.2, -0.15) is 4.57 Å². The Morgan fingerprint density at radius 3 is 2.35 bits per heavy atom. The third-order valence-electron chi connectivity index (χ3n) is 9.12. The van der Waals surface area contributed by atoms with Crippen LogP contribution in [0.2, 0.25) is 0 Å². The summed E-state index contributed by atoms with van der Waals surface area (Å²) in [5, 5.41) is 2.67. The van der Waals surface area contributed by atoms with Crippen LogP contribution in [0.1, 0.15) is 76.8 Å². The van der Waals surface area contributed by atoms with Crippen LogP contribution in [0.3, 0.4) is 0 Å². The Balaban J connectivity index is 1.62. The molecule has 2 aromatic heterocycles. The predicted molar refractivity (Wildman–Crippen MR) is 157 cm³/mol. The van der Waals surface area contributed by atoms with Crippen molar-refractivity contribution in [2.24, 2.45) is 0 Å². The van der Waals surface area contributed by atoms with Crippen molar-refractivity contribution in [3.8, 4) is 16.9 Å². The minimum atomic E-state index is 0.126. The molecule has 6 rings (SSSR count). The van der Waals surface area contributed by atoms with Crippen LogP contribution < -0.4 is 4.57 Å². The minimum Gasteiger partial charge on any atom is -0.309 e. The summed E-state index contributed by atoms with van der Waals surface area (Å²) in [6.45, 7) is 9.36. The monoisotopic (exact) mass is 487 g/mol. The first-order valence-electron chi connectivity index (χ1n) is 14.3. The van der Waals surface area contributed by atoms with Crippen molar-refractivity contribution in [1.29, 1.82) is 0 Å². The van der Waals surface area contributed by atoms with Gasteiger partial charge in [0.15, 0.2) is 11.7 Å². The van der Waals surface area contributed by atoms with Crippen LogP contribution >= 0.6 is 0 Å². The van der Waals surface area contributed by atoms with Gasteiger partial charge in [0, 0.05) is 47.4 Å². The van der Waals surface area contributed by atoms with E-state index in [0.29, 0.717) is 5.92 Å². The van der Waals surface area contributed by atoms with Crippen molar-refractivity contribution in [2.75, 3.05) is 0 Å². The Morgan fingerprint density at radius 2 is 1.57 bits per heavy atom. The lowest BCUT2D eigenvalue weighted by Gasteiger charge is -2.39. The fourth-order valence-electron chi connectivity index (χ4n) is 7.23. The van der Waals surface area contributed by atoms with Gasteiger partial charge in [-0.25, -0.2) is 0 Å². The van der Waals surface area contributed by atoms with Crippen molar-refractivity contribution in [1.82, 2.24) is 4.57 Å². The Labute approximate surface area is 221 Å². The molecule has 0 aliphatic carbocycles. The molecule has 5 aromatic rings. The molecule has 1 aliphatic rings. The molecule has 3 aromatic carbocycles. The minimum absolute atomic E-state index is 0.126. The number of aryl methyl sites for hydroxylation is 1. The summed E-state index contributed by atoms with van der Waals surface area (Å²) < 4.78 is 5.10. The largest absolute Gasteiger partial charge is 0.309 e. The number of benzene rings is 3. The van der Waals surface area contributed by atoms with E-state index in [1.807, 2.05) is 0 Å². The normalized spacial score (nSPS) is 16.2. The van der Waals surface area contributed by atoms with Crippen molar-refractivity contribution in [3.63, 3.8) is 0 Å². The zero-order valence-corrected chi connectivity index (χ0v) is 22.8. The summed E-state index contributed by atoms with van der Waals surface area (Å²) in [5.41, 5.74) is 9.64. The van der Waals surface area contributed by atoms with Gasteiger partial charge in [0.05, 0.1) is 16.6 Å². The molecule has 0 N–H and O–H groups in total. The number of unbranched alkanes of at least 4 members (excludes halogenated alkanes) is 1. The summed E-state index contributed by atoms with van der Waals surface area (Å²) in [7, 11) is 0. The maximum atomic E-state index is 2.60. The average Bonchev–Trinajstić information content (AvgIpc) is 3.28. The van der Waals surface area contributed by atoms with Crippen LogP contribution in [-0.2, 0) is 12.0 Å². The van der Waals surface area contributed by atoms with Crippen molar-refractivity contribution < 1.29 is 4.57 Å². The number of fused-ring (bicyclic) bond motifs is 6. The van der Waals surface area contributed by atoms with Crippen molar-refractivity contribution in [2.45, 2.75) is 77.7 Å². The van der Waals surface area contributed by atoms with E-state index in [2.05, 4.69) is 122 Å². The molecule has 0 radical (unpaired) electrons. The summed E-state index contributed by atoms with van der Waals surface area (Å²) in [4.78, 5) is 0. The van der Waals surface area contributed by atoms with Crippen LogP contribution in [0.4, 0.5) is 0 Å². The van der Waals surface area contributed by atoms with Crippen LogP contribution in [0, 0.1) is 0 Å². The highest BCUT2D eigenvalue weighted by molar-refractivity contribution is 6.09. The van der Waals surface area contributed by atoms with Gasteiger partial charge in [0.25, 0.3) is 0 Å². The Hall–Kier alpha value is -3.39. The van der Waals surface area contributed by atoms with E-state index in [4.69, 9.17) is 0 Å². The summed E-state index contributed by atoms with van der Waals surface area (Å²) in [6.07, 6.45) is 9.33. The van der Waals surface area contributed by atoms with Crippen LogP contribution in [0.15, 0.2) is 85.1 Å². The highest BCUT2D eigenvalue weighted by Gasteiger charge is 2.50. The number of para-hydroxylation sites is 1. The second-order valence-electron chi connectivity index (χ2n) is 10.8. The lowest BCUT2D eigenvalue weighted by Crippen LogP contribution is -2.62. The van der Waals surface area contributed by atoms with Gasteiger partial charge >= 0.3 is 0 Å². The van der Waals surface area contributed by atoms with E-state index in [0.717, 1.165) is 25.7 Å². The van der Waals surface area contributed by atoms with Crippen molar-refractivity contribution >= 4 is 21.8 Å². The molecule has 1 unspecified atom stereocenters. The first-order chi connectivity index (χ1) is 18.2. The lowest BCUT2D eigenvalue weighted by atomic mass is 9.69. The van der Waals surface area contributed by atoms with E-state index >= 15 is 0 Å². The number of pyridine rings is 1. The SMILES string of the molecule is CCCCc1ccc2c3ccccc3n(-c3ccc4c(c3)-c3cccc[n+]3C(CC)(CC)C4CC)c2c1. The van der Waals surface area contributed by atoms with Crippen LogP contribution in [-0.4, -0.2) is 4.57 Å². The van der Waals surface area contributed by atoms with Crippen LogP contribution in [0.5, 0.6) is 0 Å². The summed E-state index contributed by atoms with van der Waals surface area (Å²) >= 11 is 0. The molecule has 2 nitrogen and oxygen atoms in total. The summed E-state index contributed by atoms with van der Waals surface area (Å²) in [6, 6.07) is 30.0. The molecule has 188 valence electrons. The molecular formula is C35H39N2+. The molecule has 2 heteroatoms. The summed E-state index contributed by atoms with van der Waals surface area (Å²) in [5.74, 6) is 0.505. The molecule has 0 saturated heterocycles. The highest BCUT2D eigenvalue weighted by Crippen LogP contribution is 2.47. The van der Waals surface area contributed by atoms with Gasteiger partial charge in [0.1, 0.15) is 0 Å². The first-order valence-corrected chi connectivity index (χ1v) is 14.3. The van der Waals surface area contributed by atoms with Crippen LogP contribution in [0.25, 0.3) is 38.8 Å². The molecular weight excluding hydrogens is 448 g/mol. The fourth-order valence-corrected chi connectivity index (χ4v) is 7.23. The molecule has 0 saturated carbocycles. The van der Waals surface area contributed by atoms with Gasteiger partial charge < -0.3 is 4.57 Å². The molecule has 0 spiro atoms. The topological polar surface area (TPSA) is 8.81 Å². The Kier molecular flexibility index (Phi) is 6.15. The average molecular weight is 488 g/mol. The molecule has 3 heterocycles. The van der Waals surface area contributed by atoms with Gasteiger partial charge in [-0.15, -0.1) is 0 Å². The number of rotatable bonds is 7. The molecule has 0 amide bonds. The quantitative estimate of drug-likeness (QED) is 0.202. The number of aromatic nitrogens is 2. The lowest BCUT2D eigenvalue weighted by molar-refractivity contribution is -0.762. The van der Waals surface area contributed by atoms with Gasteiger partial charge in [-0.05, 0) is 60.7 Å². The maximum Gasteiger partial charge on any atom is 0.213 e. The molecule has 37 heavy (non-hydrogen) atoms. The molecule has 0 bridgehead atoms. The zero-order chi connectivity index (χ0) is 25.6. The number of hydrogen-bond donors (Lipinski definition) is 0. The fraction of sp³-hybridized carbons (Fsp3) is 0.343. The van der Waals surface area contributed by atoms with E-state index in [1.165, 1.54) is 62.7 Å². The van der Waals surface area contributed by atoms with E-state index < -0.39 is 0 Å². The van der Waals surface area contributed by atoms with Gasteiger partial charge in [-0.1, -0.05) is 70.5 Å². The third-order valence-corrected chi connectivity index (χ3v) is 9.12. The number of nitrogens with zero attached hydrogens (tertiary/aromatic N) is 2. The van der Waals surface area contributed by atoms with Gasteiger partial charge in [0.2, 0.25) is 5.69 Å². The van der Waals surface area contributed by atoms with Crippen molar-refractivity contribution in [3.05, 3.63) is 96.2 Å². The smallest absolute Gasteiger partial charge is 0.213 e. The zero-order valence-electron chi connectivity index (χ0n) is 22.8. The second kappa shape index (κ2) is 9.49. The Morgan fingerprint density at radius 1 is 0.784 bits per heavy atom. The van der Waals surface area contributed by atoms with E-state index in [9.17, 15) is 0 Å². The Bertz CT molecular complexity index is 1580. The standard InChI is InChI=1S/C35H39N2/c1-5-9-14-25-18-20-29-28-15-10-11-17-33(28)37(34(29)23-25)26-19-21-27-30(24-26)32-16-12-13-22-36(32)35(7-3,8-4)31(27)6-2/h10-13,15-24,31H,5-9,14H2,1-4H3/q+1. The third kappa shape index (κ3) is 3.56. The van der Waals surface area contributed by atoms with E-state index in [-0.39, 0.29) is 5.54 Å². The highest BCUT2D eigenvalue weighted by atomic mass is 15.1. The molecule has 1 aliphatic heterocycles. The van der Waals surface area contributed by atoms with E-state index in [1.54, 1.807) is 0 Å². The van der Waals surface area contributed by atoms with Gasteiger partial charge in [-0.3, -0.25) is 0 Å². The maximum absolute atomic E-state index is 2.60. The predicted octanol–water partition coefficient (Wildman–Crippen LogP) is 9.10.